The number of nitrogens with zero attached hydrogens (tertiary/aromatic N) is 1. The summed E-state index contributed by atoms with van der Waals surface area (Å²) in [6.45, 7) is 3.46. The summed E-state index contributed by atoms with van der Waals surface area (Å²) in [7, 11) is -0.861. The number of aryl methyl sites for hydroxylation is 1. The van der Waals surface area contributed by atoms with Gasteiger partial charge in [0.2, 0.25) is 10.0 Å². The van der Waals surface area contributed by atoms with Gasteiger partial charge in [-0.05, 0) is 42.7 Å². The van der Waals surface area contributed by atoms with Gasteiger partial charge in [-0.15, -0.1) is 0 Å². The highest BCUT2D eigenvalue weighted by atomic mass is 32.2. The third-order valence-electron chi connectivity index (χ3n) is 4.45. The Kier molecular flexibility index (Phi) is 7.53. The molecule has 1 amide bonds. The minimum Gasteiger partial charge on any atom is -0.452 e. The van der Waals surface area contributed by atoms with Gasteiger partial charge < -0.3 is 10.1 Å². The molecule has 2 aromatic carbocycles. The van der Waals surface area contributed by atoms with E-state index >= 15 is 0 Å². The van der Waals surface area contributed by atoms with E-state index in [-0.39, 0.29) is 16.5 Å². The van der Waals surface area contributed by atoms with Crippen LogP contribution in [0.5, 0.6) is 0 Å². The third kappa shape index (κ3) is 5.88. The third-order valence-corrected chi connectivity index (χ3v) is 6.26. The Morgan fingerprint density at radius 2 is 1.76 bits per heavy atom. The molecule has 1 N–H and O–H groups in total. The van der Waals surface area contributed by atoms with Gasteiger partial charge in [-0.1, -0.05) is 37.3 Å². The molecule has 0 fully saturated rings. The number of amides is 1. The maximum Gasteiger partial charge on any atom is 0.338 e. The number of sulfonamides is 1. The summed E-state index contributed by atoms with van der Waals surface area (Å²) in [6.07, 6.45) is 0.939. The lowest BCUT2D eigenvalue weighted by Gasteiger charge is -2.15. The first kappa shape index (κ1) is 22.6. The number of nitrogens with one attached hydrogen (secondary N) is 1. The van der Waals surface area contributed by atoms with E-state index in [9.17, 15) is 18.0 Å². The van der Waals surface area contributed by atoms with Crippen molar-refractivity contribution in [2.45, 2.75) is 31.2 Å². The van der Waals surface area contributed by atoms with Crippen molar-refractivity contribution in [1.29, 1.82) is 0 Å². The summed E-state index contributed by atoms with van der Waals surface area (Å²) >= 11 is 0. The van der Waals surface area contributed by atoms with Crippen LogP contribution in [0.25, 0.3) is 0 Å². The zero-order chi connectivity index (χ0) is 21.6. The second kappa shape index (κ2) is 9.67. The van der Waals surface area contributed by atoms with E-state index in [1.165, 1.54) is 43.9 Å². The Labute approximate surface area is 171 Å². The van der Waals surface area contributed by atoms with Crippen LogP contribution in [0, 0.1) is 0 Å². The summed E-state index contributed by atoms with van der Waals surface area (Å²) in [5, 5.41) is 2.77. The Hall–Kier alpha value is -2.71. The number of hydrogen-bond acceptors (Lipinski definition) is 5. The fourth-order valence-electron chi connectivity index (χ4n) is 2.62. The fourth-order valence-corrected chi connectivity index (χ4v) is 3.57. The van der Waals surface area contributed by atoms with Crippen molar-refractivity contribution in [3.05, 3.63) is 65.2 Å². The van der Waals surface area contributed by atoms with Gasteiger partial charge in [-0.2, -0.15) is 0 Å². The molecule has 156 valence electrons. The number of esters is 1. The average Bonchev–Trinajstić information content (AvgIpc) is 2.72. The van der Waals surface area contributed by atoms with E-state index in [2.05, 4.69) is 12.2 Å². The second-order valence-electron chi connectivity index (χ2n) is 6.78. The van der Waals surface area contributed by atoms with Crippen molar-refractivity contribution < 1.29 is 22.7 Å². The Morgan fingerprint density at radius 1 is 1.10 bits per heavy atom. The summed E-state index contributed by atoms with van der Waals surface area (Å²) in [4.78, 5) is 24.3. The first-order valence-corrected chi connectivity index (χ1v) is 10.7. The molecule has 0 spiro atoms. The summed E-state index contributed by atoms with van der Waals surface area (Å²) in [6, 6.07) is 13.2. The maximum absolute atomic E-state index is 12.2. The molecule has 8 heteroatoms. The number of carbonyl (C=O) groups excluding carboxylic acids is 2. The minimum atomic E-state index is -3.67. The van der Waals surface area contributed by atoms with Crippen LogP contribution in [-0.2, 0) is 26.0 Å². The van der Waals surface area contributed by atoms with E-state index in [1.807, 2.05) is 31.2 Å². The highest BCUT2D eigenvalue weighted by molar-refractivity contribution is 7.89. The van der Waals surface area contributed by atoms with Gasteiger partial charge in [-0.25, -0.2) is 17.5 Å². The summed E-state index contributed by atoms with van der Waals surface area (Å²) in [5.41, 5.74) is 2.21. The lowest BCUT2D eigenvalue weighted by Crippen LogP contribution is -2.31. The monoisotopic (exact) mass is 418 g/mol. The standard InChI is InChI=1S/C21H26N2O5S/c1-5-16-9-11-17(12-10-16)15(2)22-20(24)14-28-21(25)18-7-6-8-19(13-18)29(26,27)23(3)4/h6-13,15H,5,14H2,1-4H3,(H,22,24). The number of benzene rings is 2. The molecule has 0 radical (unpaired) electrons. The zero-order valence-corrected chi connectivity index (χ0v) is 17.8. The predicted octanol–water partition coefficient (Wildman–Crippen LogP) is 2.53. The molecule has 0 aliphatic heterocycles. The lowest BCUT2D eigenvalue weighted by atomic mass is 10.1. The summed E-state index contributed by atoms with van der Waals surface area (Å²) in [5.74, 6) is -1.21. The smallest absolute Gasteiger partial charge is 0.338 e. The fraction of sp³-hybridized carbons (Fsp3) is 0.333. The first-order chi connectivity index (χ1) is 13.6. The molecule has 0 saturated heterocycles. The molecule has 7 nitrogen and oxygen atoms in total. The van der Waals surface area contributed by atoms with Gasteiger partial charge in [0.05, 0.1) is 16.5 Å². The van der Waals surface area contributed by atoms with Gasteiger partial charge in [0.25, 0.3) is 5.91 Å². The second-order valence-corrected chi connectivity index (χ2v) is 8.93. The quantitative estimate of drug-likeness (QED) is 0.665. The molecule has 1 unspecified atom stereocenters. The molecule has 1 atom stereocenters. The van der Waals surface area contributed by atoms with Crippen LogP contribution < -0.4 is 5.32 Å². The Balaban J connectivity index is 1.95. The summed E-state index contributed by atoms with van der Waals surface area (Å²) < 4.78 is 30.4. The highest BCUT2D eigenvalue weighted by Crippen LogP contribution is 2.16. The zero-order valence-electron chi connectivity index (χ0n) is 17.0. The van der Waals surface area contributed by atoms with Gasteiger partial charge in [0.15, 0.2) is 6.61 Å². The Morgan fingerprint density at radius 3 is 2.34 bits per heavy atom. The predicted molar refractivity (Wildman–Crippen MR) is 110 cm³/mol. The number of ether oxygens (including phenoxy) is 1. The van der Waals surface area contributed by atoms with E-state index < -0.39 is 28.5 Å². The van der Waals surface area contributed by atoms with Gasteiger partial charge in [0.1, 0.15) is 0 Å². The molecule has 2 aromatic rings. The molecule has 0 aliphatic rings. The van der Waals surface area contributed by atoms with Crippen LogP contribution in [0.3, 0.4) is 0 Å². The number of rotatable bonds is 8. The average molecular weight is 419 g/mol. The molecule has 0 aromatic heterocycles. The maximum atomic E-state index is 12.2. The molecule has 29 heavy (non-hydrogen) atoms. The van der Waals surface area contributed by atoms with Crippen LogP contribution in [-0.4, -0.2) is 45.3 Å². The van der Waals surface area contributed by atoms with Crippen LogP contribution >= 0.6 is 0 Å². The molecule has 0 bridgehead atoms. The van der Waals surface area contributed by atoms with Crippen LogP contribution in [0.15, 0.2) is 53.4 Å². The lowest BCUT2D eigenvalue weighted by molar-refractivity contribution is -0.124. The van der Waals surface area contributed by atoms with Crippen LogP contribution in [0.2, 0.25) is 0 Å². The SMILES string of the molecule is CCc1ccc(C(C)NC(=O)COC(=O)c2cccc(S(=O)(=O)N(C)C)c2)cc1. The largest absolute Gasteiger partial charge is 0.452 e. The van der Waals surface area contributed by atoms with Gasteiger partial charge in [0, 0.05) is 14.1 Å². The van der Waals surface area contributed by atoms with E-state index in [1.54, 1.807) is 0 Å². The topological polar surface area (TPSA) is 92.8 Å². The van der Waals surface area contributed by atoms with Crippen LogP contribution in [0.4, 0.5) is 0 Å². The van der Waals surface area contributed by atoms with Crippen molar-refractivity contribution in [1.82, 2.24) is 9.62 Å². The van der Waals surface area contributed by atoms with E-state index in [0.717, 1.165) is 16.3 Å². The van der Waals surface area contributed by atoms with Crippen molar-refractivity contribution in [2.24, 2.45) is 0 Å². The van der Waals surface area contributed by atoms with Crippen molar-refractivity contribution in [3.8, 4) is 0 Å². The molecular weight excluding hydrogens is 392 g/mol. The van der Waals surface area contributed by atoms with E-state index in [4.69, 9.17) is 4.74 Å². The molecule has 0 aliphatic carbocycles. The van der Waals surface area contributed by atoms with Crippen molar-refractivity contribution >= 4 is 21.9 Å². The van der Waals surface area contributed by atoms with E-state index in [0.29, 0.717) is 0 Å². The highest BCUT2D eigenvalue weighted by Gasteiger charge is 2.20. The molecule has 0 saturated carbocycles. The normalized spacial score (nSPS) is 12.4. The number of hydrogen-bond donors (Lipinski definition) is 1. The Bertz CT molecular complexity index is 969. The van der Waals surface area contributed by atoms with Gasteiger partial charge >= 0.3 is 5.97 Å². The van der Waals surface area contributed by atoms with Crippen LogP contribution in [0.1, 0.15) is 41.4 Å². The molecular formula is C21H26N2O5S. The van der Waals surface area contributed by atoms with Gasteiger partial charge in [-0.3, -0.25) is 4.79 Å². The number of carbonyl (C=O) groups is 2. The van der Waals surface area contributed by atoms with Crippen molar-refractivity contribution in [2.75, 3.05) is 20.7 Å². The molecule has 0 heterocycles. The molecule has 2 rings (SSSR count). The van der Waals surface area contributed by atoms with Crippen molar-refractivity contribution in [3.63, 3.8) is 0 Å². The minimum absolute atomic E-state index is 0.0226. The first-order valence-electron chi connectivity index (χ1n) is 9.23.